The van der Waals surface area contributed by atoms with Crippen LogP contribution in [-0.2, 0) is 9.63 Å². The zero-order chi connectivity index (χ0) is 33.8. The maximum atomic E-state index is 14.0. The van der Waals surface area contributed by atoms with E-state index in [1.165, 1.54) is 37.4 Å². The van der Waals surface area contributed by atoms with E-state index in [9.17, 15) is 13.6 Å². The maximum Gasteiger partial charge on any atom is 0.247 e. The molecular weight excluding hydrogens is 618 g/mol. The van der Waals surface area contributed by atoms with E-state index in [1.807, 2.05) is 12.1 Å². The monoisotopic (exact) mass is 662 g/mol. The van der Waals surface area contributed by atoms with E-state index in [1.54, 1.807) is 18.2 Å². The molecule has 13 heteroatoms. The summed E-state index contributed by atoms with van der Waals surface area (Å²) in [5.41, 5.74) is 2.53. The molecule has 48 heavy (non-hydrogen) atoms. The molecule has 1 atom stereocenters. The highest BCUT2D eigenvalue weighted by molar-refractivity contribution is 6.02. The minimum atomic E-state index is -0.651. The highest BCUT2D eigenvalue weighted by Crippen LogP contribution is 2.41. The van der Waals surface area contributed by atoms with Crippen molar-refractivity contribution < 1.29 is 23.1 Å². The van der Waals surface area contributed by atoms with Crippen LogP contribution in [-0.4, -0.2) is 91.7 Å². The molecule has 3 aliphatic heterocycles. The molecule has 1 amide bonds. The van der Waals surface area contributed by atoms with Crippen LogP contribution < -0.4 is 25.3 Å². The van der Waals surface area contributed by atoms with Gasteiger partial charge >= 0.3 is 0 Å². The van der Waals surface area contributed by atoms with Gasteiger partial charge in [-0.05, 0) is 82.7 Å². The fraction of sp³-hybridized carbons (Fsp3) is 0.457. The normalized spacial score (nSPS) is 19.5. The number of likely N-dealkylation sites (tertiary alicyclic amines) is 1. The lowest BCUT2D eigenvalue weighted by Crippen LogP contribution is -2.50. The molecule has 4 heterocycles. The summed E-state index contributed by atoms with van der Waals surface area (Å²) in [7, 11) is 5.93. The number of carbonyl (C=O) groups is 1. The van der Waals surface area contributed by atoms with E-state index in [4.69, 9.17) is 9.57 Å². The Morgan fingerprint density at radius 1 is 0.979 bits per heavy atom. The fourth-order valence-electron chi connectivity index (χ4n) is 7.06. The fourth-order valence-corrected chi connectivity index (χ4v) is 7.06. The quantitative estimate of drug-likeness (QED) is 0.271. The number of hydrogen-bond acceptors (Lipinski definition) is 10. The topological polar surface area (TPSA) is 98.3 Å². The summed E-state index contributed by atoms with van der Waals surface area (Å²) >= 11 is 0. The van der Waals surface area contributed by atoms with E-state index >= 15 is 0 Å². The van der Waals surface area contributed by atoms with Gasteiger partial charge in [0.15, 0.2) is 5.82 Å². The Kier molecular flexibility index (Phi) is 10.4. The van der Waals surface area contributed by atoms with Crippen LogP contribution in [0.1, 0.15) is 43.7 Å². The summed E-state index contributed by atoms with van der Waals surface area (Å²) in [6, 6.07) is 9.68. The number of rotatable bonds is 10. The van der Waals surface area contributed by atoms with Gasteiger partial charge < -0.3 is 30.1 Å². The molecule has 3 aromatic rings. The van der Waals surface area contributed by atoms with Crippen LogP contribution in [0.3, 0.4) is 0 Å². The van der Waals surface area contributed by atoms with Crippen molar-refractivity contribution in [2.75, 3.05) is 74.6 Å². The second-order valence-corrected chi connectivity index (χ2v) is 12.8. The number of hydrogen-bond donors (Lipinski definition) is 2. The third-order valence-electron chi connectivity index (χ3n) is 9.63. The smallest absolute Gasteiger partial charge is 0.247 e. The predicted octanol–water partition coefficient (Wildman–Crippen LogP) is 5.51. The lowest BCUT2D eigenvalue weighted by Gasteiger charge is -2.43. The van der Waals surface area contributed by atoms with Gasteiger partial charge in [-0.15, -0.1) is 0 Å². The lowest BCUT2D eigenvalue weighted by molar-refractivity contribution is -0.111. The molecule has 0 saturated carbocycles. The van der Waals surface area contributed by atoms with Crippen molar-refractivity contribution in [2.45, 2.75) is 50.2 Å². The molecule has 0 aliphatic carbocycles. The average molecular weight is 663 g/mol. The third kappa shape index (κ3) is 7.53. The van der Waals surface area contributed by atoms with Crippen molar-refractivity contribution in [3.63, 3.8) is 0 Å². The van der Waals surface area contributed by atoms with Crippen LogP contribution in [0.4, 0.5) is 37.5 Å². The Labute approximate surface area is 280 Å². The number of halogens is 2. The first-order valence-corrected chi connectivity index (χ1v) is 16.5. The summed E-state index contributed by atoms with van der Waals surface area (Å²) in [6.45, 7) is 7.96. The van der Waals surface area contributed by atoms with Crippen LogP contribution >= 0.6 is 0 Å². The molecule has 2 N–H and O–H groups in total. The maximum absolute atomic E-state index is 14.0. The number of anilines is 5. The number of hydroxylamine groups is 1. The number of benzene rings is 2. The first kappa shape index (κ1) is 33.6. The van der Waals surface area contributed by atoms with Gasteiger partial charge in [0, 0.05) is 49.8 Å². The zero-order valence-electron chi connectivity index (χ0n) is 27.8. The Morgan fingerprint density at radius 3 is 2.38 bits per heavy atom. The number of methoxy groups -OCH3 is 1. The summed E-state index contributed by atoms with van der Waals surface area (Å²) < 4.78 is 33.9. The number of piperidine rings is 2. The van der Waals surface area contributed by atoms with Gasteiger partial charge in [-0.2, -0.15) is 0 Å². The van der Waals surface area contributed by atoms with Crippen molar-refractivity contribution in [3.05, 3.63) is 72.6 Å². The second-order valence-electron chi connectivity index (χ2n) is 12.8. The molecule has 0 radical (unpaired) electrons. The van der Waals surface area contributed by atoms with Crippen LogP contribution in [0.5, 0.6) is 5.75 Å². The Balaban J connectivity index is 1.20. The molecule has 11 nitrogen and oxygen atoms in total. The van der Waals surface area contributed by atoms with Gasteiger partial charge in [0.25, 0.3) is 0 Å². The summed E-state index contributed by atoms with van der Waals surface area (Å²) in [4.78, 5) is 34.4. The van der Waals surface area contributed by atoms with Gasteiger partial charge in [-0.3, -0.25) is 9.63 Å². The molecule has 3 saturated heterocycles. The molecule has 3 fully saturated rings. The van der Waals surface area contributed by atoms with Crippen molar-refractivity contribution in [1.29, 1.82) is 0 Å². The van der Waals surface area contributed by atoms with E-state index in [0.29, 0.717) is 59.4 Å². The zero-order valence-corrected chi connectivity index (χ0v) is 27.8. The van der Waals surface area contributed by atoms with E-state index in [-0.39, 0.29) is 5.91 Å². The number of carbonyl (C=O) groups excluding carboxylic acids is 1. The Morgan fingerprint density at radius 2 is 1.71 bits per heavy atom. The molecule has 3 aliphatic rings. The van der Waals surface area contributed by atoms with Crippen molar-refractivity contribution in [3.8, 4) is 5.75 Å². The molecule has 0 unspecified atom stereocenters. The number of amides is 1. The minimum absolute atomic E-state index is 0.318. The standard InChI is InChI=1S/C35H44F2N8O3/c1-5-35(46)41-28-19-29(32(47-4)20-31(28)44-13-8-27(9-14-44)43-11-6-26(7-12-43)42(2)3)40-33-21-34(39-22-38-33)45-30(10-15-48-45)23-16-24(36)18-25(37)17-23/h5,16-22,26-27,30H,1,6-15H2,2-4H3,(H,41,46)(H,38,39,40)/t30-/m1/s1. The van der Waals surface area contributed by atoms with Crippen molar-refractivity contribution in [2.24, 2.45) is 0 Å². The van der Waals surface area contributed by atoms with E-state index in [0.717, 1.165) is 50.8 Å². The third-order valence-corrected chi connectivity index (χ3v) is 9.63. The van der Waals surface area contributed by atoms with Gasteiger partial charge in [0.2, 0.25) is 5.91 Å². The molecule has 2 aromatic carbocycles. The lowest BCUT2D eigenvalue weighted by atomic mass is 9.97. The highest BCUT2D eigenvalue weighted by Gasteiger charge is 2.32. The van der Waals surface area contributed by atoms with E-state index in [2.05, 4.69) is 56.0 Å². The van der Waals surface area contributed by atoms with Gasteiger partial charge in [0.05, 0.1) is 36.8 Å². The number of aromatic nitrogens is 2. The molecule has 0 bridgehead atoms. The van der Waals surface area contributed by atoms with Gasteiger partial charge in [0.1, 0.15) is 29.5 Å². The largest absolute Gasteiger partial charge is 0.494 e. The first-order chi connectivity index (χ1) is 23.2. The van der Waals surface area contributed by atoms with Gasteiger partial charge in [-0.25, -0.2) is 23.8 Å². The number of ether oxygens (including phenoxy) is 1. The molecule has 0 spiro atoms. The first-order valence-electron chi connectivity index (χ1n) is 16.5. The van der Waals surface area contributed by atoms with Gasteiger partial charge in [-0.1, -0.05) is 6.58 Å². The summed E-state index contributed by atoms with van der Waals surface area (Å²) in [6.07, 6.45) is 7.63. The highest BCUT2D eigenvalue weighted by atomic mass is 19.1. The van der Waals surface area contributed by atoms with Crippen LogP contribution in [0.2, 0.25) is 0 Å². The van der Waals surface area contributed by atoms with E-state index < -0.39 is 17.7 Å². The molecular formula is C35H44F2N8O3. The van der Waals surface area contributed by atoms with Crippen molar-refractivity contribution in [1.82, 2.24) is 19.8 Å². The Hall–Kier alpha value is -4.33. The Bertz CT molecular complexity index is 1590. The molecule has 6 rings (SSSR count). The SMILES string of the molecule is C=CC(=O)Nc1cc(Nc2cc(N3OCC[C@@H]3c3cc(F)cc(F)c3)ncn2)c(OC)cc1N1CCC(N2CCC(N(C)C)CC2)CC1. The average Bonchev–Trinajstić information content (AvgIpc) is 3.59. The summed E-state index contributed by atoms with van der Waals surface area (Å²) in [5.74, 6) is -0.195. The second kappa shape index (κ2) is 14.8. The number of nitrogens with one attached hydrogen (secondary N) is 2. The number of nitrogens with zero attached hydrogens (tertiary/aromatic N) is 6. The molecule has 256 valence electrons. The van der Waals surface area contributed by atoms with Crippen LogP contribution in [0, 0.1) is 11.6 Å². The van der Waals surface area contributed by atoms with Crippen LogP contribution in [0.15, 0.2) is 55.4 Å². The summed E-state index contributed by atoms with van der Waals surface area (Å²) in [5, 5.41) is 7.83. The van der Waals surface area contributed by atoms with Crippen LogP contribution in [0.25, 0.3) is 0 Å². The molecule has 1 aromatic heterocycles. The minimum Gasteiger partial charge on any atom is -0.494 e. The van der Waals surface area contributed by atoms with Crippen molar-refractivity contribution >= 4 is 34.6 Å². The predicted molar refractivity (Wildman–Crippen MR) is 183 cm³/mol.